The van der Waals surface area contributed by atoms with E-state index in [1.54, 1.807) is 0 Å². The molecule has 2 saturated heterocycles. The predicted octanol–water partition coefficient (Wildman–Crippen LogP) is 7.01. The lowest BCUT2D eigenvalue weighted by atomic mass is 9.95. The summed E-state index contributed by atoms with van der Waals surface area (Å²) in [4.78, 5) is 74.9. The van der Waals surface area contributed by atoms with Crippen molar-refractivity contribution in [3.05, 3.63) is 72.2 Å². The van der Waals surface area contributed by atoms with Gasteiger partial charge in [-0.1, -0.05) is 64.1 Å². The van der Waals surface area contributed by atoms with Crippen LogP contribution < -0.4 is 10.6 Å². The number of fused-ring (bicyclic) bond motifs is 1. The van der Waals surface area contributed by atoms with Crippen LogP contribution in [0, 0.1) is 18.8 Å². The minimum Gasteiger partial charge on any atom is -0.453 e. The number of likely N-dealkylation sites (tertiary alicyclic amines) is 2. The average Bonchev–Trinajstić information content (AvgIpc) is 4.08. The van der Waals surface area contributed by atoms with Crippen molar-refractivity contribution in [2.45, 2.75) is 84.5 Å². The van der Waals surface area contributed by atoms with Gasteiger partial charge < -0.3 is 44.9 Å². The van der Waals surface area contributed by atoms with Crippen LogP contribution in [0.1, 0.15) is 82.7 Å². The number of carbonyl (C=O) groups is 4. The van der Waals surface area contributed by atoms with Crippen LogP contribution in [0.4, 0.5) is 9.59 Å². The number of aromatic nitrogens is 5. The molecule has 0 bridgehead atoms. The number of benzene rings is 2. The molecule has 4 amide bonds. The molecule has 3 aromatic heterocycles. The molecule has 15 nitrogen and oxygen atoms in total. The molecule has 0 radical (unpaired) electrons. The minimum absolute atomic E-state index is 0.112. The number of aryl methyl sites for hydroxylation is 1. The Bertz CT molecular complexity index is 2290. The first-order chi connectivity index (χ1) is 27.9. The number of amides is 4. The fraction of sp³-hybridized carbons (Fsp3) is 0.442. The number of rotatable bonds is 11. The van der Waals surface area contributed by atoms with Gasteiger partial charge in [0, 0.05) is 30.2 Å². The Labute approximate surface area is 337 Å². The van der Waals surface area contributed by atoms with E-state index in [-0.39, 0.29) is 35.7 Å². The fourth-order valence-electron chi connectivity index (χ4n) is 8.39. The molecule has 5 heterocycles. The maximum atomic E-state index is 13.7. The highest BCUT2D eigenvalue weighted by Gasteiger charge is 2.39. The number of alkyl carbamates (subject to hydrolysis) is 2. The summed E-state index contributed by atoms with van der Waals surface area (Å²) in [5.41, 5.74) is 7.85. The maximum absolute atomic E-state index is 13.7. The molecule has 4 unspecified atom stereocenters. The van der Waals surface area contributed by atoms with Gasteiger partial charge in [-0.25, -0.2) is 19.6 Å². The second-order valence-electron chi connectivity index (χ2n) is 15.9. The van der Waals surface area contributed by atoms with Crippen molar-refractivity contribution in [2.24, 2.45) is 11.8 Å². The van der Waals surface area contributed by atoms with Gasteiger partial charge in [0.2, 0.25) is 11.8 Å². The molecule has 58 heavy (non-hydrogen) atoms. The first kappa shape index (κ1) is 40.1. The fourth-order valence-corrected chi connectivity index (χ4v) is 8.39. The SMILES string of the molecule is COC(=O)NC(C(=O)N1CCCC1c1ncc(-c2ccc(-c3ccc(-c4cnc(C5CCCN5C(=O)C(NC(=O)OC)C(C)C)[nH]4)c4[nH]cc(C)c34)cc2)[nH]1)C(C)C. The van der Waals surface area contributed by atoms with Crippen molar-refractivity contribution in [1.82, 2.24) is 45.4 Å². The molecule has 2 aliphatic rings. The molecular weight excluding hydrogens is 739 g/mol. The standard InChI is InChI=1S/C43H53N9O6/c1-23(2)35(49-42(55)57-6)40(53)51-18-8-10-32(51)38-45-21-30(47-38)27-14-12-26(13-15-27)28-16-17-29(37-34(28)25(5)20-44-37)31-22-46-39(48-31)33-11-9-19-52(33)41(54)36(24(3)4)50-43(56)58-7/h12-17,20-24,32-33,35-36,44H,8-11,18-19H2,1-7H3,(H,45,47)(H,46,48)(H,49,55)(H,50,56). The van der Waals surface area contributed by atoms with E-state index in [1.165, 1.54) is 14.2 Å². The monoisotopic (exact) mass is 791 g/mol. The van der Waals surface area contributed by atoms with Crippen LogP contribution in [-0.4, -0.2) is 98.1 Å². The molecular formula is C43H53N9O6. The van der Waals surface area contributed by atoms with Crippen LogP contribution in [-0.2, 0) is 19.1 Å². The number of hydrogen-bond donors (Lipinski definition) is 5. The molecule has 4 atom stereocenters. The molecule has 2 aliphatic heterocycles. The number of nitrogens with zero attached hydrogens (tertiary/aromatic N) is 4. The first-order valence-electron chi connectivity index (χ1n) is 20.0. The second kappa shape index (κ2) is 16.8. The zero-order chi connectivity index (χ0) is 41.2. The number of carbonyl (C=O) groups excluding carboxylic acids is 4. The van der Waals surface area contributed by atoms with Gasteiger partial charge in [0.25, 0.3) is 0 Å². The molecule has 2 aromatic carbocycles. The summed E-state index contributed by atoms with van der Waals surface area (Å²) in [5.74, 6) is 0.905. The summed E-state index contributed by atoms with van der Waals surface area (Å²) in [6.07, 6.45) is 7.60. The Morgan fingerprint density at radius 3 is 1.71 bits per heavy atom. The first-order valence-corrected chi connectivity index (χ1v) is 20.0. The van der Waals surface area contributed by atoms with E-state index in [1.807, 2.05) is 56.1 Å². The van der Waals surface area contributed by atoms with Crippen LogP contribution in [0.3, 0.4) is 0 Å². The van der Waals surface area contributed by atoms with Crippen LogP contribution in [0.2, 0.25) is 0 Å². The van der Waals surface area contributed by atoms with Crippen LogP contribution in [0.15, 0.2) is 55.0 Å². The lowest BCUT2D eigenvalue weighted by molar-refractivity contribution is -0.136. The highest BCUT2D eigenvalue weighted by Crippen LogP contribution is 2.39. The van der Waals surface area contributed by atoms with E-state index in [2.05, 4.69) is 68.9 Å². The van der Waals surface area contributed by atoms with Crippen molar-refractivity contribution >= 4 is 34.9 Å². The Hall–Kier alpha value is -6.12. The number of methoxy groups -OCH3 is 2. The summed E-state index contributed by atoms with van der Waals surface area (Å²) in [6.45, 7) is 10.9. The molecule has 5 aromatic rings. The van der Waals surface area contributed by atoms with E-state index < -0.39 is 24.3 Å². The summed E-state index contributed by atoms with van der Waals surface area (Å²) in [7, 11) is 2.58. The summed E-state index contributed by atoms with van der Waals surface area (Å²) >= 11 is 0. The number of H-pyrrole nitrogens is 3. The van der Waals surface area contributed by atoms with E-state index in [4.69, 9.17) is 19.4 Å². The lowest BCUT2D eigenvalue weighted by Crippen LogP contribution is -2.51. The minimum atomic E-state index is -0.704. The van der Waals surface area contributed by atoms with Crippen molar-refractivity contribution in [3.8, 4) is 33.6 Å². The smallest absolute Gasteiger partial charge is 0.407 e. The van der Waals surface area contributed by atoms with E-state index in [0.717, 1.165) is 81.6 Å². The summed E-state index contributed by atoms with van der Waals surface area (Å²) < 4.78 is 9.56. The zero-order valence-corrected chi connectivity index (χ0v) is 34.1. The van der Waals surface area contributed by atoms with E-state index >= 15 is 0 Å². The lowest BCUT2D eigenvalue weighted by Gasteiger charge is -2.30. The maximum Gasteiger partial charge on any atom is 0.407 e. The predicted molar refractivity (Wildman–Crippen MR) is 219 cm³/mol. The molecule has 0 aliphatic carbocycles. The number of hydrogen-bond acceptors (Lipinski definition) is 8. The van der Waals surface area contributed by atoms with Gasteiger partial charge in [-0.15, -0.1) is 0 Å². The van der Waals surface area contributed by atoms with E-state index in [0.29, 0.717) is 18.9 Å². The number of ether oxygens (including phenoxy) is 2. The zero-order valence-electron chi connectivity index (χ0n) is 34.1. The highest BCUT2D eigenvalue weighted by atomic mass is 16.5. The van der Waals surface area contributed by atoms with Crippen molar-refractivity contribution in [3.63, 3.8) is 0 Å². The summed E-state index contributed by atoms with van der Waals surface area (Å²) in [5, 5.41) is 6.51. The van der Waals surface area contributed by atoms with Crippen molar-refractivity contribution < 1.29 is 28.7 Å². The third-order valence-corrected chi connectivity index (χ3v) is 11.5. The topological polar surface area (TPSA) is 190 Å². The highest BCUT2D eigenvalue weighted by molar-refractivity contribution is 6.04. The molecule has 306 valence electrons. The van der Waals surface area contributed by atoms with Crippen molar-refractivity contribution in [1.29, 1.82) is 0 Å². The summed E-state index contributed by atoms with van der Waals surface area (Å²) in [6, 6.07) is 10.7. The Kier molecular flexibility index (Phi) is 11.6. The third-order valence-electron chi connectivity index (χ3n) is 11.5. The van der Waals surface area contributed by atoms with Crippen LogP contribution in [0.5, 0.6) is 0 Å². The Balaban J connectivity index is 1.09. The number of aromatic amines is 3. The van der Waals surface area contributed by atoms with Crippen LogP contribution in [0.25, 0.3) is 44.5 Å². The average molecular weight is 792 g/mol. The van der Waals surface area contributed by atoms with Gasteiger partial charge in [-0.2, -0.15) is 0 Å². The van der Waals surface area contributed by atoms with Gasteiger partial charge in [0.05, 0.1) is 55.6 Å². The normalized spacial score (nSPS) is 17.9. The number of imidazole rings is 2. The molecule has 7 rings (SSSR count). The van der Waals surface area contributed by atoms with Crippen LogP contribution >= 0.6 is 0 Å². The second-order valence-corrected chi connectivity index (χ2v) is 15.9. The van der Waals surface area contributed by atoms with Gasteiger partial charge >= 0.3 is 12.2 Å². The quantitative estimate of drug-likeness (QED) is 0.0944. The molecule has 2 fully saturated rings. The van der Waals surface area contributed by atoms with Gasteiger partial charge in [-0.3, -0.25) is 9.59 Å². The van der Waals surface area contributed by atoms with Gasteiger partial charge in [-0.05, 0) is 66.7 Å². The largest absolute Gasteiger partial charge is 0.453 e. The molecule has 15 heteroatoms. The third kappa shape index (κ3) is 7.77. The molecule has 5 N–H and O–H groups in total. The Morgan fingerprint density at radius 1 is 0.707 bits per heavy atom. The number of nitrogens with one attached hydrogen (secondary N) is 5. The van der Waals surface area contributed by atoms with Crippen molar-refractivity contribution in [2.75, 3.05) is 27.3 Å². The van der Waals surface area contributed by atoms with E-state index in [9.17, 15) is 19.2 Å². The Morgan fingerprint density at radius 2 is 1.19 bits per heavy atom. The van der Waals surface area contributed by atoms with Gasteiger partial charge in [0.15, 0.2) is 0 Å². The molecule has 0 saturated carbocycles. The van der Waals surface area contributed by atoms with Gasteiger partial charge in [0.1, 0.15) is 23.7 Å². The molecule has 0 spiro atoms.